The molecule has 0 aliphatic carbocycles. The second kappa shape index (κ2) is 4.81. The number of aromatic nitrogens is 3. The Hall–Kier alpha value is -2.49. The number of alkyl halides is 3. The molecule has 3 heterocycles. The Morgan fingerprint density at radius 2 is 2.14 bits per heavy atom. The average molecular weight is 314 g/mol. The van der Waals surface area contributed by atoms with Gasteiger partial charge in [0.2, 0.25) is 0 Å². The third kappa shape index (κ3) is 2.70. The van der Waals surface area contributed by atoms with Crippen LogP contribution in [0.2, 0.25) is 0 Å². The van der Waals surface area contributed by atoms with E-state index in [1.165, 1.54) is 12.5 Å². The topological polar surface area (TPSA) is 80.9 Å². The predicted molar refractivity (Wildman–Crippen MR) is 66.9 cm³/mol. The van der Waals surface area contributed by atoms with Crippen LogP contribution in [-0.4, -0.2) is 20.9 Å². The van der Waals surface area contributed by atoms with Gasteiger partial charge in [-0.3, -0.25) is 10.1 Å². The molecule has 3 rings (SSSR count). The molecular weight excluding hydrogens is 309 g/mol. The van der Waals surface area contributed by atoms with E-state index < -0.39 is 17.8 Å². The van der Waals surface area contributed by atoms with Crippen LogP contribution in [0.4, 0.5) is 18.3 Å². The molecule has 1 N–H and O–H groups in total. The molecule has 3 aromatic rings. The molecule has 0 aliphatic rings. The minimum Gasteiger partial charge on any atom is -0.441 e. The van der Waals surface area contributed by atoms with E-state index in [1.807, 2.05) is 0 Å². The van der Waals surface area contributed by atoms with E-state index in [0.29, 0.717) is 0 Å². The molecule has 0 aromatic carbocycles. The lowest BCUT2D eigenvalue weighted by atomic mass is 10.3. The van der Waals surface area contributed by atoms with Gasteiger partial charge in [0.1, 0.15) is 17.5 Å². The fourth-order valence-electron chi connectivity index (χ4n) is 1.53. The summed E-state index contributed by atoms with van der Waals surface area (Å²) in [6, 6.07) is 0.883. The van der Waals surface area contributed by atoms with Crippen LogP contribution in [-0.2, 0) is 6.18 Å². The quantitative estimate of drug-likeness (QED) is 0.786. The second-order valence-electron chi connectivity index (χ2n) is 3.85. The van der Waals surface area contributed by atoms with Gasteiger partial charge >= 0.3 is 12.1 Å². The van der Waals surface area contributed by atoms with Gasteiger partial charge in [-0.1, -0.05) is 11.3 Å². The van der Waals surface area contributed by atoms with E-state index >= 15 is 0 Å². The van der Waals surface area contributed by atoms with Crippen LogP contribution in [0.25, 0.3) is 10.2 Å². The number of hydrogen-bond acceptors (Lipinski definition) is 6. The fourth-order valence-corrected chi connectivity index (χ4v) is 2.40. The molecule has 0 saturated heterocycles. The molecule has 108 valence electrons. The highest BCUT2D eigenvalue weighted by molar-refractivity contribution is 7.22. The zero-order valence-electron chi connectivity index (χ0n) is 10.0. The standard InChI is InChI=1S/C11H5F3N4O2S/c12-11(13,14)7-3-6-5(4-16-7)17-10(21-6)18-8(19)9-15-1-2-20-9/h1-4H,(H,17,18,19). The van der Waals surface area contributed by atoms with Gasteiger partial charge in [-0.05, 0) is 6.07 Å². The van der Waals surface area contributed by atoms with Crippen molar-refractivity contribution >= 4 is 32.6 Å². The third-order valence-corrected chi connectivity index (χ3v) is 3.35. The number of nitrogens with one attached hydrogen (secondary N) is 1. The lowest BCUT2D eigenvalue weighted by Crippen LogP contribution is -2.11. The van der Waals surface area contributed by atoms with Crippen molar-refractivity contribution in [2.75, 3.05) is 5.32 Å². The van der Waals surface area contributed by atoms with Crippen molar-refractivity contribution in [2.24, 2.45) is 0 Å². The highest BCUT2D eigenvalue weighted by Crippen LogP contribution is 2.32. The number of carbonyl (C=O) groups excluding carboxylic acids is 1. The van der Waals surface area contributed by atoms with Crippen molar-refractivity contribution < 1.29 is 22.4 Å². The highest BCUT2D eigenvalue weighted by atomic mass is 32.1. The summed E-state index contributed by atoms with van der Waals surface area (Å²) < 4.78 is 42.7. The van der Waals surface area contributed by atoms with E-state index in [9.17, 15) is 18.0 Å². The lowest BCUT2D eigenvalue weighted by Gasteiger charge is -2.03. The van der Waals surface area contributed by atoms with Crippen LogP contribution in [0.15, 0.2) is 29.1 Å². The van der Waals surface area contributed by atoms with E-state index in [-0.39, 0.29) is 21.2 Å². The molecule has 0 spiro atoms. The normalized spacial score (nSPS) is 11.8. The largest absolute Gasteiger partial charge is 0.441 e. The fraction of sp³-hybridized carbons (Fsp3) is 0.0909. The third-order valence-electron chi connectivity index (χ3n) is 2.41. The van der Waals surface area contributed by atoms with Gasteiger partial charge in [0.05, 0.1) is 17.1 Å². The molecule has 0 saturated carbocycles. The van der Waals surface area contributed by atoms with Gasteiger partial charge < -0.3 is 4.42 Å². The van der Waals surface area contributed by atoms with Crippen LogP contribution < -0.4 is 5.32 Å². The van der Waals surface area contributed by atoms with Crippen molar-refractivity contribution in [2.45, 2.75) is 6.18 Å². The summed E-state index contributed by atoms with van der Waals surface area (Å²) in [6.45, 7) is 0. The summed E-state index contributed by atoms with van der Waals surface area (Å²) in [5, 5.41) is 2.53. The van der Waals surface area contributed by atoms with Crippen molar-refractivity contribution in [3.8, 4) is 0 Å². The SMILES string of the molecule is O=C(Nc1nc2cnc(C(F)(F)F)cc2s1)c1ncco1. The second-order valence-corrected chi connectivity index (χ2v) is 4.88. The summed E-state index contributed by atoms with van der Waals surface area (Å²) >= 11 is 0.901. The molecule has 1 amide bonds. The molecule has 6 nitrogen and oxygen atoms in total. The minimum atomic E-state index is -4.53. The predicted octanol–water partition coefficient (Wildman–Crippen LogP) is 2.95. The van der Waals surface area contributed by atoms with Crippen LogP contribution in [0, 0.1) is 0 Å². The first-order chi connectivity index (χ1) is 9.93. The first kappa shape index (κ1) is 13.5. The maximum absolute atomic E-state index is 12.5. The number of amides is 1. The Kier molecular flexibility index (Phi) is 3.09. The maximum Gasteiger partial charge on any atom is 0.433 e. The van der Waals surface area contributed by atoms with Gasteiger partial charge in [-0.2, -0.15) is 13.2 Å². The average Bonchev–Trinajstić information content (AvgIpc) is 3.05. The van der Waals surface area contributed by atoms with E-state index in [4.69, 9.17) is 4.42 Å². The zero-order chi connectivity index (χ0) is 15.0. The number of rotatable bonds is 2. The van der Waals surface area contributed by atoms with E-state index in [0.717, 1.165) is 23.6 Å². The molecule has 3 aromatic heterocycles. The molecule has 21 heavy (non-hydrogen) atoms. The maximum atomic E-state index is 12.5. The van der Waals surface area contributed by atoms with Gasteiger partial charge in [0.25, 0.3) is 5.89 Å². The molecule has 10 heteroatoms. The summed E-state index contributed by atoms with van der Waals surface area (Å²) in [5.74, 6) is -0.800. The van der Waals surface area contributed by atoms with Crippen LogP contribution in [0.5, 0.6) is 0 Å². The van der Waals surface area contributed by atoms with E-state index in [1.54, 1.807) is 0 Å². The minimum absolute atomic E-state index is 0.134. The lowest BCUT2D eigenvalue weighted by molar-refractivity contribution is -0.141. The first-order valence-corrected chi connectivity index (χ1v) is 6.30. The number of oxazole rings is 1. The molecule has 0 radical (unpaired) electrons. The number of thiazole rings is 1. The Labute approximate surface area is 118 Å². The van der Waals surface area contributed by atoms with Crippen molar-refractivity contribution in [1.82, 2.24) is 15.0 Å². The molecular formula is C11H5F3N4O2S. The summed E-state index contributed by atoms with van der Waals surface area (Å²) in [7, 11) is 0. The molecule has 0 fully saturated rings. The highest BCUT2D eigenvalue weighted by Gasteiger charge is 2.32. The van der Waals surface area contributed by atoms with Crippen LogP contribution >= 0.6 is 11.3 Å². The smallest absolute Gasteiger partial charge is 0.433 e. The number of pyridine rings is 1. The Bertz CT molecular complexity index is 798. The summed E-state index contributed by atoms with van der Waals surface area (Å²) in [4.78, 5) is 22.6. The molecule has 0 atom stereocenters. The Morgan fingerprint density at radius 3 is 2.81 bits per heavy atom. The summed E-state index contributed by atoms with van der Waals surface area (Å²) in [6.07, 6.45) is -0.991. The van der Waals surface area contributed by atoms with Gasteiger partial charge in [0.15, 0.2) is 5.13 Å². The zero-order valence-corrected chi connectivity index (χ0v) is 10.8. The number of fused-ring (bicyclic) bond motifs is 1. The molecule has 0 bridgehead atoms. The van der Waals surface area contributed by atoms with E-state index in [2.05, 4.69) is 20.3 Å². The number of nitrogens with zero attached hydrogens (tertiary/aromatic N) is 3. The van der Waals surface area contributed by atoms with Crippen molar-refractivity contribution in [3.63, 3.8) is 0 Å². The first-order valence-electron chi connectivity index (χ1n) is 5.48. The van der Waals surface area contributed by atoms with Gasteiger partial charge in [0, 0.05) is 0 Å². The number of carbonyl (C=O) groups is 1. The number of halogens is 3. The van der Waals surface area contributed by atoms with Crippen molar-refractivity contribution in [3.05, 3.63) is 36.3 Å². The van der Waals surface area contributed by atoms with Crippen LogP contribution in [0.3, 0.4) is 0 Å². The van der Waals surface area contributed by atoms with Gasteiger partial charge in [-0.25, -0.2) is 15.0 Å². The van der Waals surface area contributed by atoms with Crippen molar-refractivity contribution in [1.29, 1.82) is 0 Å². The number of anilines is 1. The number of hydrogen-bond donors (Lipinski definition) is 1. The van der Waals surface area contributed by atoms with Gasteiger partial charge in [-0.15, -0.1) is 0 Å². The Balaban J connectivity index is 1.89. The Morgan fingerprint density at radius 1 is 1.33 bits per heavy atom. The summed E-state index contributed by atoms with van der Waals surface area (Å²) in [5.41, 5.74) is -0.750. The van der Waals surface area contributed by atoms with Crippen LogP contribution in [0.1, 0.15) is 16.4 Å². The molecule has 0 unspecified atom stereocenters. The molecule has 0 aliphatic heterocycles. The monoisotopic (exact) mass is 314 g/mol.